The Morgan fingerprint density at radius 3 is 2.29 bits per heavy atom. The zero-order chi connectivity index (χ0) is 18.9. The molecule has 0 aliphatic carbocycles. The maximum atomic E-state index is 4.70. The molecule has 0 atom stereocenters. The molecule has 6 heteroatoms. The van der Waals surface area contributed by atoms with Crippen LogP contribution in [0.5, 0.6) is 0 Å². The lowest BCUT2D eigenvalue weighted by Gasteiger charge is -2.37. The lowest BCUT2D eigenvalue weighted by molar-refractivity contribution is 0.649. The Morgan fingerprint density at radius 2 is 1.54 bits per heavy atom. The number of aromatic nitrogens is 2. The first kappa shape index (κ1) is 17.6. The molecule has 3 heterocycles. The van der Waals surface area contributed by atoms with Gasteiger partial charge in [0.1, 0.15) is 17.0 Å². The molecule has 0 saturated carbocycles. The third-order valence-corrected chi connectivity index (χ3v) is 6.62. The molecule has 1 saturated heterocycles. The highest BCUT2D eigenvalue weighted by atomic mass is 79.9. The van der Waals surface area contributed by atoms with Crippen LogP contribution in [0.15, 0.2) is 70.8 Å². The largest absolute Gasteiger partial charge is 0.368 e. The fourth-order valence-electron chi connectivity index (χ4n) is 3.76. The number of fused-ring (bicyclic) bond motifs is 1. The normalized spacial score (nSPS) is 14.6. The number of para-hydroxylation sites is 1. The molecule has 2 aromatic heterocycles. The van der Waals surface area contributed by atoms with E-state index in [9.17, 15) is 0 Å². The van der Waals surface area contributed by atoms with Gasteiger partial charge in [-0.25, -0.2) is 9.97 Å². The molecule has 1 fully saturated rings. The van der Waals surface area contributed by atoms with Gasteiger partial charge in [-0.3, -0.25) is 0 Å². The molecule has 0 unspecified atom stereocenters. The van der Waals surface area contributed by atoms with E-state index in [1.54, 1.807) is 17.7 Å². The third-order valence-electron chi connectivity index (χ3n) is 5.21. The maximum Gasteiger partial charge on any atom is 0.141 e. The highest BCUT2D eigenvalue weighted by molar-refractivity contribution is 9.10. The number of rotatable bonds is 3. The van der Waals surface area contributed by atoms with Gasteiger partial charge >= 0.3 is 0 Å². The molecule has 4 aromatic rings. The van der Waals surface area contributed by atoms with Gasteiger partial charge in [0.05, 0.1) is 5.39 Å². The summed E-state index contributed by atoms with van der Waals surface area (Å²) < 4.78 is 1.09. The summed E-state index contributed by atoms with van der Waals surface area (Å²) in [7, 11) is 0. The molecule has 0 N–H and O–H groups in total. The minimum absolute atomic E-state index is 0.955. The summed E-state index contributed by atoms with van der Waals surface area (Å²) in [6.45, 7) is 3.90. The van der Waals surface area contributed by atoms with Crippen molar-refractivity contribution in [2.24, 2.45) is 0 Å². The standard InChI is InChI=1S/C22H19BrN4S/c23-17-8-6-16(7-9-17)19-14-28-22-20(19)21(24-15-25-22)27-12-10-26(11-13-27)18-4-2-1-3-5-18/h1-9,14-15H,10-13H2. The Hall–Kier alpha value is -2.44. The first-order valence-corrected chi connectivity index (χ1v) is 11.0. The van der Waals surface area contributed by atoms with E-state index in [1.807, 2.05) is 0 Å². The average Bonchev–Trinajstić information content (AvgIpc) is 3.19. The Labute approximate surface area is 176 Å². The Bertz CT molecular complexity index is 1090. The van der Waals surface area contributed by atoms with Crippen molar-refractivity contribution in [3.05, 3.63) is 70.8 Å². The number of nitrogens with zero attached hydrogens (tertiary/aromatic N) is 4. The second-order valence-electron chi connectivity index (χ2n) is 6.84. The number of hydrogen-bond acceptors (Lipinski definition) is 5. The van der Waals surface area contributed by atoms with Crippen molar-refractivity contribution < 1.29 is 0 Å². The summed E-state index contributed by atoms with van der Waals surface area (Å²) in [6, 6.07) is 19.1. The number of thiophene rings is 1. The zero-order valence-electron chi connectivity index (χ0n) is 15.3. The van der Waals surface area contributed by atoms with Crippen LogP contribution in [0.4, 0.5) is 11.5 Å². The molecule has 1 aliphatic rings. The highest BCUT2D eigenvalue weighted by Gasteiger charge is 2.22. The van der Waals surface area contributed by atoms with Crippen molar-refractivity contribution in [1.29, 1.82) is 0 Å². The number of anilines is 2. The van der Waals surface area contributed by atoms with Gasteiger partial charge in [-0.1, -0.05) is 46.3 Å². The van der Waals surface area contributed by atoms with Crippen molar-refractivity contribution >= 4 is 49.0 Å². The monoisotopic (exact) mass is 450 g/mol. The van der Waals surface area contributed by atoms with E-state index < -0.39 is 0 Å². The molecule has 140 valence electrons. The van der Waals surface area contributed by atoms with E-state index in [1.165, 1.54) is 22.2 Å². The minimum atomic E-state index is 0.955. The van der Waals surface area contributed by atoms with E-state index >= 15 is 0 Å². The van der Waals surface area contributed by atoms with E-state index in [0.717, 1.165) is 41.3 Å². The lowest BCUT2D eigenvalue weighted by Crippen LogP contribution is -2.46. The molecule has 2 aromatic carbocycles. The van der Waals surface area contributed by atoms with Crippen LogP contribution in [0.1, 0.15) is 0 Å². The van der Waals surface area contributed by atoms with Crippen molar-refractivity contribution in [2.75, 3.05) is 36.0 Å². The molecular weight excluding hydrogens is 432 g/mol. The van der Waals surface area contributed by atoms with Crippen LogP contribution < -0.4 is 9.80 Å². The van der Waals surface area contributed by atoms with Crippen LogP contribution in [-0.4, -0.2) is 36.1 Å². The van der Waals surface area contributed by atoms with Crippen LogP contribution in [0.25, 0.3) is 21.3 Å². The van der Waals surface area contributed by atoms with Gasteiger partial charge in [0, 0.05) is 47.3 Å². The van der Waals surface area contributed by atoms with Gasteiger partial charge in [-0.05, 0) is 29.8 Å². The summed E-state index contributed by atoms with van der Waals surface area (Å²) in [4.78, 5) is 15.1. The first-order valence-electron chi connectivity index (χ1n) is 9.33. The van der Waals surface area contributed by atoms with E-state index in [4.69, 9.17) is 4.98 Å². The molecule has 0 radical (unpaired) electrons. The summed E-state index contributed by atoms with van der Waals surface area (Å²) in [6.07, 6.45) is 1.70. The molecule has 0 spiro atoms. The van der Waals surface area contributed by atoms with Gasteiger partial charge in [0.15, 0.2) is 0 Å². The number of hydrogen-bond donors (Lipinski definition) is 0. The summed E-state index contributed by atoms with van der Waals surface area (Å²) >= 11 is 5.21. The smallest absolute Gasteiger partial charge is 0.141 e. The molecule has 0 bridgehead atoms. The number of halogens is 1. The van der Waals surface area contributed by atoms with Gasteiger partial charge in [-0.15, -0.1) is 11.3 Å². The average molecular weight is 451 g/mol. The molecule has 5 rings (SSSR count). The summed E-state index contributed by atoms with van der Waals surface area (Å²) in [5.74, 6) is 1.05. The zero-order valence-corrected chi connectivity index (χ0v) is 17.7. The molecule has 1 aliphatic heterocycles. The van der Waals surface area contributed by atoms with Gasteiger partial charge in [0.2, 0.25) is 0 Å². The molecule has 0 amide bonds. The molecule has 4 nitrogen and oxygen atoms in total. The summed E-state index contributed by atoms with van der Waals surface area (Å²) in [5, 5.41) is 3.37. The van der Waals surface area contributed by atoms with Crippen LogP contribution >= 0.6 is 27.3 Å². The van der Waals surface area contributed by atoms with Crippen molar-refractivity contribution in [3.63, 3.8) is 0 Å². The van der Waals surface area contributed by atoms with E-state index in [2.05, 4.69) is 90.7 Å². The Balaban J connectivity index is 1.47. The number of benzene rings is 2. The van der Waals surface area contributed by atoms with Gasteiger partial charge < -0.3 is 9.80 Å². The Kier molecular flexibility index (Phi) is 4.74. The van der Waals surface area contributed by atoms with Crippen molar-refractivity contribution in [1.82, 2.24) is 9.97 Å². The SMILES string of the molecule is Brc1ccc(-c2csc3ncnc(N4CCN(c5ccccc5)CC4)c23)cc1. The lowest BCUT2D eigenvalue weighted by atomic mass is 10.1. The molecule has 28 heavy (non-hydrogen) atoms. The predicted octanol–water partition coefficient (Wildman–Crippen LogP) is 5.45. The van der Waals surface area contributed by atoms with Gasteiger partial charge in [0.25, 0.3) is 0 Å². The first-order chi connectivity index (χ1) is 13.8. The third kappa shape index (κ3) is 3.27. The van der Waals surface area contributed by atoms with Crippen LogP contribution in [0, 0.1) is 0 Å². The topological polar surface area (TPSA) is 32.3 Å². The fraction of sp³-hybridized carbons (Fsp3) is 0.182. The number of piperazine rings is 1. The summed E-state index contributed by atoms with van der Waals surface area (Å²) in [5.41, 5.74) is 3.71. The van der Waals surface area contributed by atoms with Gasteiger partial charge in [-0.2, -0.15) is 0 Å². The Morgan fingerprint density at radius 1 is 0.821 bits per heavy atom. The minimum Gasteiger partial charge on any atom is -0.368 e. The maximum absolute atomic E-state index is 4.70. The predicted molar refractivity (Wildman–Crippen MR) is 121 cm³/mol. The van der Waals surface area contributed by atoms with Crippen LogP contribution in [-0.2, 0) is 0 Å². The highest BCUT2D eigenvalue weighted by Crippen LogP contribution is 2.38. The second kappa shape index (κ2) is 7.53. The van der Waals surface area contributed by atoms with Crippen LogP contribution in [0.2, 0.25) is 0 Å². The second-order valence-corrected chi connectivity index (χ2v) is 8.62. The fourth-order valence-corrected chi connectivity index (χ4v) is 4.93. The van der Waals surface area contributed by atoms with E-state index in [-0.39, 0.29) is 0 Å². The quantitative estimate of drug-likeness (QED) is 0.415. The molecular formula is C22H19BrN4S. The van der Waals surface area contributed by atoms with E-state index in [0.29, 0.717) is 0 Å². The van der Waals surface area contributed by atoms with Crippen molar-refractivity contribution in [2.45, 2.75) is 0 Å². The van der Waals surface area contributed by atoms with Crippen molar-refractivity contribution in [3.8, 4) is 11.1 Å². The van der Waals surface area contributed by atoms with Crippen LogP contribution in [0.3, 0.4) is 0 Å².